The largest absolute Gasteiger partial charge is 0.465 e. The van der Waals surface area contributed by atoms with Crippen LogP contribution in [0, 0.1) is 10.1 Å². The lowest BCUT2D eigenvalue weighted by atomic mass is 10.2. The number of carbonyl (C=O) groups is 2. The van der Waals surface area contributed by atoms with Gasteiger partial charge < -0.3 is 4.42 Å². The minimum absolute atomic E-state index is 0.0411. The molecule has 0 radical (unpaired) electrons. The first kappa shape index (κ1) is 15.0. The highest BCUT2D eigenvalue weighted by Gasteiger charge is 2.35. The average Bonchev–Trinajstić information content (AvgIpc) is 3.12. The van der Waals surface area contributed by atoms with Crippen LogP contribution in [0.3, 0.4) is 0 Å². The van der Waals surface area contributed by atoms with Crippen molar-refractivity contribution in [2.45, 2.75) is 6.54 Å². The lowest BCUT2D eigenvalue weighted by Crippen LogP contribution is -2.27. The van der Waals surface area contributed by atoms with E-state index in [0.29, 0.717) is 11.3 Å². The van der Waals surface area contributed by atoms with Gasteiger partial charge in [-0.25, -0.2) is 0 Å². The number of non-ortho nitro benzene ring substituents is 1. The van der Waals surface area contributed by atoms with E-state index < -0.39 is 10.8 Å². The van der Waals surface area contributed by atoms with Crippen LogP contribution < -0.4 is 0 Å². The summed E-state index contributed by atoms with van der Waals surface area (Å²) in [5, 5.41) is 10.2. The van der Waals surface area contributed by atoms with Crippen molar-refractivity contribution in [1.29, 1.82) is 0 Å². The van der Waals surface area contributed by atoms with Crippen LogP contribution in [0.1, 0.15) is 11.3 Å². The second-order valence-corrected chi connectivity index (χ2v) is 5.70. The summed E-state index contributed by atoms with van der Waals surface area (Å²) in [6, 6.07) is 9.10. The van der Waals surface area contributed by atoms with Gasteiger partial charge in [0.2, 0.25) is 0 Å². The number of nitro groups is 1. The van der Waals surface area contributed by atoms with Gasteiger partial charge in [-0.05, 0) is 29.5 Å². The number of hydrogen-bond acceptors (Lipinski definition) is 6. The molecule has 1 aliphatic heterocycles. The van der Waals surface area contributed by atoms with Crippen LogP contribution >= 0.6 is 11.8 Å². The van der Waals surface area contributed by atoms with Gasteiger partial charge in [-0.15, -0.1) is 0 Å². The highest BCUT2D eigenvalue weighted by molar-refractivity contribution is 8.18. The molecular formula is C15H10N2O5S. The third-order valence-electron chi connectivity index (χ3n) is 3.18. The number of carbonyl (C=O) groups excluding carboxylic acids is 2. The van der Waals surface area contributed by atoms with Crippen LogP contribution in [0.2, 0.25) is 0 Å². The van der Waals surface area contributed by atoms with Crippen LogP contribution in [-0.2, 0) is 11.3 Å². The first-order valence-electron chi connectivity index (χ1n) is 6.57. The van der Waals surface area contributed by atoms with Crippen molar-refractivity contribution in [3.63, 3.8) is 0 Å². The molecule has 1 fully saturated rings. The molecule has 0 saturated carbocycles. The fourth-order valence-corrected chi connectivity index (χ4v) is 2.86. The summed E-state index contributed by atoms with van der Waals surface area (Å²) in [7, 11) is 0. The molecule has 2 heterocycles. The zero-order valence-corrected chi connectivity index (χ0v) is 12.5. The van der Waals surface area contributed by atoms with Gasteiger partial charge in [0.1, 0.15) is 5.76 Å². The first-order valence-corrected chi connectivity index (χ1v) is 7.38. The van der Waals surface area contributed by atoms with Crippen LogP contribution in [0.15, 0.2) is 52.0 Å². The van der Waals surface area contributed by atoms with Gasteiger partial charge in [-0.3, -0.25) is 24.6 Å². The normalized spacial score (nSPS) is 16.3. The summed E-state index contributed by atoms with van der Waals surface area (Å²) in [5.74, 6) is 0.0839. The van der Waals surface area contributed by atoms with Crippen LogP contribution in [0.25, 0.3) is 6.08 Å². The third kappa shape index (κ3) is 3.16. The molecule has 0 unspecified atom stereocenters. The summed E-state index contributed by atoms with van der Waals surface area (Å²) in [6.07, 6.45) is 2.99. The number of nitro benzene ring substituents is 1. The third-order valence-corrected chi connectivity index (χ3v) is 4.09. The van der Waals surface area contributed by atoms with E-state index in [1.165, 1.54) is 36.6 Å². The zero-order valence-electron chi connectivity index (χ0n) is 11.7. The summed E-state index contributed by atoms with van der Waals surface area (Å²) in [6.45, 7) is 0.0676. The van der Waals surface area contributed by atoms with Gasteiger partial charge in [-0.1, -0.05) is 12.1 Å². The summed E-state index contributed by atoms with van der Waals surface area (Å²) < 4.78 is 5.13. The maximum Gasteiger partial charge on any atom is 0.293 e. The Morgan fingerprint density at radius 3 is 2.57 bits per heavy atom. The van der Waals surface area contributed by atoms with Gasteiger partial charge >= 0.3 is 0 Å². The Labute approximate surface area is 134 Å². The SMILES string of the molecule is O=C1S/C(=C\c2ccco2)C(=O)N1Cc1ccc([N+](=O)[O-])cc1. The highest BCUT2D eigenvalue weighted by Crippen LogP contribution is 2.33. The number of amides is 2. The maximum absolute atomic E-state index is 12.3. The molecule has 1 aromatic heterocycles. The van der Waals surface area contributed by atoms with Crippen molar-refractivity contribution in [3.8, 4) is 0 Å². The van der Waals surface area contributed by atoms with Crippen LogP contribution in [-0.4, -0.2) is 21.0 Å². The summed E-state index contributed by atoms with van der Waals surface area (Å²) in [4.78, 5) is 35.8. The number of hydrogen-bond donors (Lipinski definition) is 0. The second kappa shape index (κ2) is 6.09. The van der Waals surface area contributed by atoms with Crippen molar-refractivity contribution in [2.75, 3.05) is 0 Å². The zero-order chi connectivity index (χ0) is 16.4. The van der Waals surface area contributed by atoms with Crippen LogP contribution in [0.4, 0.5) is 10.5 Å². The van der Waals surface area contributed by atoms with Gasteiger partial charge in [0.05, 0.1) is 22.6 Å². The van der Waals surface area contributed by atoms with Gasteiger partial charge in [0, 0.05) is 18.2 Å². The Morgan fingerprint density at radius 2 is 1.96 bits per heavy atom. The molecule has 1 aromatic carbocycles. The van der Waals surface area contributed by atoms with E-state index >= 15 is 0 Å². The van der Waals surface area contributed by atoms with E-state index in [1.807, 2.05) is 0 Å². The quantitative estimate of drug-likeness (QED) is 0.484. The highest BCUT2D eigenvalue weighted by atomic mass is 32.2. The van der Waals surface area contributed by atoms with Crippen LogP contribution in [0.5, 0.6) is 0 Å². The number of rotatable bonds is 4. The Hall–Kier alpha value is -2.87. The molecule has 2 aromatic rings. The standard InChI is InChI=1S/C15H10N2O5S/c18-14-13(8-12-2-1-7-22-12)23-15(19)16(14)9-10-3-5-11(6-4-10)17(20)21/h1-8H,9H2/b13-8-. The second-order valence-electron chi connectivity index (χ2n) is 4.71. The molecule has 3 rings (SSSR count). The predicted octanol–water partition coefficient (Wildman–Crippen LogP) is 3.42. The topological polar surface area (TPSA) is 93.7 Å². The summed E-state index contributed by atoms with van der Waals surface area (Å²) >= 11 is 0.838. The van der Waals surface area contributed by atoms with Crippen molar-refractivity contribution >= 4 is 34.7 Å². The van der Waals surface area contributed by atoms with E-state index in [9.17, 15) is 19.7 Å². The maximum atomic E-state index is 12.3. The van der Waals surface area contributed by atoms with Crippen molar-refractivity contribution in [3.05, 3.63) is 69.0 Å². The Balaban J connectivity index is 1.77. The predicted molar refractivity (Wildman–Crippen MR) is 83.3 cm³/mol. The Morgan fingerprint density at radius 1 is 1.22 bits per heavy atom. The van der Waals surface area contributed by atoms with Crippen molar-refractivity contribution in [2.24, 2.45) is 0 Å². The lowest BCUT2D eigenvalue weighted by Gasteiger charge is -2.12. The minimum Gasteiger partial charge on any atom is -0.465 e. The molecule has 0 N–H and O–H groups in total. The van der Waals surface area contributed by atoms with E-state index in [2.05, 4.69) is 0 Å². The number of thioether (sulfide) groups is 1. The molecule has 8 heteroatoms. The fraction of sp³-hybridized carbons (Fsp3) is 0.0667. The number of nitrogens with zero attached hydrogens (tertiary/aromatic N) is 2. The lowest BCUT2D eigenvalue weighted by molar-refractivity contribution is -0.384. The monoisotopic (exact) mass is 330 g/mol. The fourth-order valence-electron chi connectivity index (χ4n) is 2.04. The van der Waals surface area contributed by atoms with Crippen molar-refractivity contribution in [1.82, 2.24) is 4.90 Å². The van der Waals surface area contributed by atoms with E-state index in [1.54, 1.807) is 12.1 Å². The number of imide groups is 1. The smallest absolute Gasteiger partial charge is 0.293 e. The van der Waals surface area contributed by atoms with Gasteiger partial charge in [0.25, 0.3) is 16.8 Å². The molecule has 0 bridgehead atoms. The molecule has 116 valence electrons. The molecule has 1 saturated heterocycles. The number of furan rings is 1. The molecule has 23 heavy (non-hydrogen) atoms. The van der Waals surface area contributed by atoms with Gasteiger partial charge in [-0.2, -0.15) is 0 Å². The Kier molecular flexibility index (Phi) is 3.98. The van der Waals surface area contributed by atoms with E-state index in [-0.39, 0.29) is 22.4 Å². The van der Waals surface area contributed by atoms with E-state index in [4.69, 9.17) is 4.42 Å². The molecule has 0 atom stereocenters. The molecule has 1 aliphatic rings. The molecule has 7 nitrogen and oxygen atoms in total. The molecule has 0 spiro atoms. The first-order chi connectivity index (χ1) is 11.0. The van der Waals surface area contributed by atoms with E-state index in [0.717, 1.165) is 16.7 Å². The summed E-state index contributed by atoms with van der Waals surface area (Å²) in [5.41, 5.74) is 0.595. The average molecular weight is 330 g/mol. The van der Waals surface area contributed by atoms with Gasteiger partial charge in [0.15, 0.2) is 0 Å². The van der Waals surface area contributed by atoms with Crippen molar-refractivity contribution < 1.29 is 18.9 Å². The Bertz CT molecular complexity index is 796. The minimum atomic E-state index is -0.504. The molecular weight excluding hydrogens is 320 g/mol. The molecule has 2 amide bonds. The molecule has 0 aliphatic carbocycles. The number of benzene rings is 1.